The molecule has 1 aromatic heterocycles. The number of nitrogens with one attached hydrogen (secondary N) is 2. The van der Waals surface area contributed by atoms with E-state index in [0.29, 0.717) is 0 Å². The first-order valence-corrected chi connectivity index (χ1v) is 6.20. The number of rotatable bonds is 5. The van der Waals surface area contributed by atoms with Crippen molar-refractivity contribution in [3.63, 3.8) is 0 Å². The summed E-state index contributed by atoms with van der Waals surface area (Å²) < 4.78 is 0. The van der Waals surface area contributed by atoms with Gasteiger partial charge >= 0.3 is 0 Å². The molecule has 0 saturated carbocycles. The van der Waals surface area contributed by atoms with Gasteiger partial charge in [0.1, 0.15) is 0 Å². The van der Waals surface area contributed by atoms with E-state index in [2.05, 4.69) is 10.3 Å². The minimum absolute atomic E-state index is 0.0687. The molecular formula is C14H19N3O. The molecule has 96 valence electrons. The van der Waals surface area contributed by atoms with Gasteiger partial charge in [-0.3, -0.25) is 4.79 Å². The van der Waals surface area contributed by atoms with E-state index in [1.807, 2.05) is 44.6 Å². The molecular weight excluding hydrogens is 226 g/mol. The largest absolute Gasteiger partial charge is 0.361 e. The molecule has 1 aromatic carbocycles. The number of carbonyl (C=O) groups is 1. The van der Waals surface area contributed by atoms with E-state index >= 15 is 0 Å². The molecule has 0 aliphatic rings. The van der Waals surface area contributed by atoms with Crippen LogP contribution in [0.1, 0.15) is 16.8 Å². The summed E-state index contributed by atoms with van der Waals surface area (Å²) in [5.41, 5.74) is 1.66. The van der Waals surface area contributed by atoms with Crippen LogP contribution in [0.3, 0.4) is 0 Å². The number of amides is 1. The summed E-state index contributed by atoms with van der Waals surface area (Å²) in [6, 6.07) is 7.78. The fourth-order valence-corrected chi connectivity index (χ4v) is 2.06. The molecule has 2 aromatic rings. The zero-order chi connectivity index (χ0) is 13.0. The fourth-order valence-electron chi connectivity index (χ4n) is 2.06. The van der Waals surface area contributed by atoms with E-state index in [4.69, 9.17) is 0 Å². The number of fused-ring (bicyclic) bond motifs is 1. The van der Waals surface area contributed by atoms with Gasteiger partial charge in [0.15, 0.2) is 0 Å². The molecule has 18 heavy (non-hydrogen) atoms. The van der Waals surface area contributed by atoms with Gasteiger partial charge < -0.3 is 15.2 Å². The summed E-state index contributed by atoms with van der Waals surface area (Å²) in [7, 11) is 3.77. The Kier molecular flexibility index (Phi) is 3.99. The summed E-state index contributed by atoms with van der Waals surface area (Å²) in [4.78, 5) is 17.2. The third-order valence-electron chi connectivity index (χ3n) is 3.08. The Labute approximate surface area is 107 Å². The van der Waals surface area contributed by atoms with Gasteiger partial charge in [0.2, 0.25) is 0 Å². The van der Waals surface area contributed by atoms with Crippen LogP contribution in [0.5, 0.6) is 0 Å². The Morgan fingerprint density at radius 2 is 2.22 bits per heavy atom. The van der Waals surface area contributed by atoms with Crippen molar-refractivity contribution in [3.05, 3.63) is 36.0 Å². The van der Waals surface area contributed by atoms with Crippen LogP contribution in [0.2, 0.25) is 0 Å². The van der Waals surface area contributed by atoms with Crippen LogP contribution >= 0.6 is 0 Å². The SMILES string of the molecule is CNCCCN(C)C(=O)c1cccc2cc[nH]c12. The molecule has 4 heteroatoms. The number of aromatic nitrogens is 1. The molecule has 0 bridgehead atoms. The first kappa shape index (κ1) is 12.6. The van der Waals surface area contributed by atoms with Gasteiger partial charge in [-0.05, 0) is 32.1 Å². The molecule has 0 unspecified atom stereocenters. The quantitative estimate of drug-likeness (QED) is 0.790. The molecule has 0 radical (unpaired) electrons. The molecule has 0 atom stereocenters. The van der Waals surface area contributed by atoms with Crippen LogP contribution < -0.4 is 5.32 Å². The van der Waals surface area contributed by atoms with E-state index in [-0.39, 0.29) is 5.91 Å². The van der Waals surface area contributed by atoms with E-state index in [1.54, 1.807) is 4.90 Å². The van der Waals surface area contributed by atoms with Gasteiger partial charge in [-0.2, -0.15) is 0 Å². The van der Waals surface area contributed by atoms with Gasteiger partial charge in [-0.1, -0.05) is 12.1 Å². The van der Waals surface area contributed by atoms with Gasteiger partial charge in [-0.25, -0.2) is 0 Å². The second kappa shape index (κ2) is 5.69. The third-order valence-corrected chi connectivity index (χ3v) is 3.08. The minimum atomic E-state index is 0.0687. The standard InChI is InChI=1S/C14H19N3O/c1-15-8-4-10-17(2)14(18)12-6-3-5-11-7-9-16-13(11)12/h3,5-7,9,15-16H,4,8,10H2,1-2H3. The second-order valence-corrected chi connectivity index (χ2v) is 4.43. The Hall–Kier alpha value is -1.81. The molecule has 0 aliphatic carbocycles. The summed E-state index contributed by atoms with van der Waals surface area (Å²) in [6.07, 6.45) is 2.82. The number of benzene rings is 1. The molecule has 0 aliphatic heterocycles. The van der Waals surface area contributed by atoms with E-state index in [0.717, 1.165) is 36.0 Å². The van der Waals surface area contributed by atoms with Crippen LogP contribution in [-0.2, 0) is 0 Å². The monoisotopic (exact) mass is 245 g/mol. The van der Waals surface area contributed by atoms with Crippen molar-refractivity contribution in [1.29, 1.82) is 0 Å². The van der Waals surface area contributed by atoms with Gasteiger partial charge in [0.05, 0.1) is 11.1 Å². The molecule has 0 saturated heterocycles. The van der Waals surface area contributed by atoms with Crippen LogP contribution in [0, 0.1) is 0 Å². The maximum atomic E-state index is 12.3. The number of aromatic amines is 1. The Morgan fingerprint density at radius 3 is 3.00 bits per heavy atom. The summed E-state index contributed by atoms with van der Waals surface area (Å²) in [5, 5.41) is 4.16. The Bertz CT molecular complexity index is 533. The highest BCUT2D eigenvalue weighted by atomic mass is 16.2. The molecule has 0 fully saturated rings. The number of nitrogens with zero attached hydrogens (tertiary/aromatic N) is 1. The number of H-pyrrole nitrogens is 1. The molecule has 2 rings (SSSR count). The van der Waals surface area contributed by atoms with Crippen LogP contribution in [-0.4, -0.2) is 43.0 Å². The van der Waals surface area contributed by atoms with Crippen molar-refractivity contribution in [2.45, 2.75) is 6.42 Å². The lowest BCUT2D eigenvalue weighted by atomic mass is 10.1. The number of para-hydroxylation sites is 1. The normalized spacial score (nSPS) is 10.8. The average Bonchev–Trinajstić information content (AvgIpc) is 2.86. The Balaban J connectivity index is 2.15. The Morgan fingerprint density at radius 1 is 1.39 bits per heavy atom. The van der Waals surface area contributed by atoms with E-state index in [9.17, 15) is 4.79 Å². The van der Waals surface area contributed by atoms with Crippen molar-refractivity contribution in [1.82, 2.24) is 15.2 Å². The molecule has 1 amide bonds. The lowest BCUT2D eigenvalue weighted by molar-refractivity contribution is 0.0795. The predicted octanol–water partition coefficient (Wildman–Crippen LogP) is 1.85. The van der Waals surface area contributed by atoms with Gasteiger partial charge in [0, 0.05) is 25.2 Å². The van der Waals surface area contributed by atoms with Crippen LogP contribution in [0.25, 0.3) is 10.9 Å². The van der Waals surface area contributed by atoms with Gasteiger partial charge in [0.25, 0.3) is 5.91 Å². The van der Waals surface area contributed by atoms with E-state index < -0.39 is 0 Å². The highest BCUT2D eigenvalue weighted by molar-refractivity contribution is 6.05. The highest BCUT2D eigenvalue weighted by Gasteiger charge is 2.14. The first-order chi connectivity index (χ1) is 8.74. The third kappa shape index (κ3) is 2.54. The summed E-state index contributed by atoms with van der Waals surface area (Å²) >= 11 is 0. The molecule has 4 nitrogen and oxygen atoms in total. The molecule has 0 spiro atoms. The maximum Gasteiger partial charge on any atom is 0.255 e. The lowest BCUT2D eigenvalue weighted by Gasteiger charge is -2.17. The predicted molar refractivity (Wildman–Crippen MR) is 73.8 cm³/mol. The maximum absolute atomic E-state index is 12.3. The van der Waals surface area contributed by atoms with Crippen molar-refractivity contribution >= 4 is 16.8 Å². The number of carbonyl (C=O) groups excluding carboxylic acids is 1. The average molecular weight is 245 g/mol. The van der Waals surface area contributed by atoms with E-state index in [1.165, 1.54) is 0 Å². The van der Waals surface area contributed by atoms with Gasteiger partial charge in [-0.15, -0.1) is 0 Å². The lowest BCUT2D eigenvalue weighted by Crippen LogP contribution is -2.29. The molecule has 1 heterocycles. The number of hydrogen-bond donors (Lipinski definition) is 2. The fraction of sp³-hybridized carbons (Fsp3) is 0.357. The van der Waals surface area contributed by atoms with Crippen LogP contribution in [0.15, 0.2) is 30.5 Å². The highest BCUT2D eigenvalue weighted by Crippen LogP contribution is 2.18. The molecule has 2 N–H and O–H groups in total. The second-order valence-electron chi connectivity index (χ2n) is 4.43. The zero-order valence-electron chi connectivity index (χ0n) is 10.9. The van der Waals surface area contributed by atoms with Crippen molar-refractivity contribution in [2.24, 2.45) is 0 Å². The van der Waals surface area contributed by atoms with Crippen LogP contribution in [0.4, 0.5) is 0 Å². The summed E-state index contributed by atoms with van der Waals surface area (Å²) in [6.45, 7) is 1.68. The smallest absolute Gasteiger partial charge is 0.255 e. The topological polar surface area (TPSA) is 48.1 Å². The van der Waals surface area contributed by atoms with Crippen molar-refractivity contribution in [2.75, 3.05) is 27.2 Å². The number of hydrogen-bond acceptors (Lipinski definition) is 2. The minimum Gasteiger partial charge on any atom is -0.361 e. The summed E-state index contributed by atoms with van der Waals surface area (Å²) in [5.74, 6) is 0.0687. The van der Waals surface area contributed by atoms with Crippen molar-refractivity contribution < 1.29 is 4.79 Å². The first-order valence-electron chi connectivity index (χ1n) is 6.20. The zero-order valence-corrected chi connectivity index (χ0v) is 10.9. The van der Waals surface area contributed by atoms with Crippen molar-refractivity contribution in [3.8, 4) is 0 Å².